The van der Waals surface area contributed by atoms with Gasteiger partial charge in [-0.25, -0.2) is 9.78 Å². The summed E-state index contributed by atoms with van der Waals surface area (Å²) in [5.41, 5.74) is 1.22. The molecule has 19 heavy (non-hydrogen) atoms. The number of carbonyl (C=O) groups excluding carboxylic acids is 1. The van der Waals surface area contributed by atoms with Gasteiger partial charge in [-0.15, -0.1) is 11.3 Å². The summed E-state index contributed by atoms with van der Waals surface area (Å²) in [6.07, 6.45) is 0. The topological polar surface area (TPSA) is 48.4 Å². The van der Waals surface area contributed by atoms with Crippen molar-refractivity contribution in [1.29, 1.82) is 0 Å². The summed E-state index contributed by atoms with van der Waals surface area (Å²) in [6, 6.07) is 5.62. The highest BCUT2D eigenvalue weighted by Gasteiger charge is 2.14. The molecule has 0 fully saturated rings. The van der Waals surface area contributed by atoms with Gasteiger partial charge < -0.3 is 9.47 Å². The molecular weight excluding hydrogens is 330 g/mol. The van der Waals surface area contributed by atoms with Gasteiger partial charge in [0.05, 0.1) is 13.7 Å². The van der Waals surface area contributed by atoms with Crippen LogP contribution in [-0.4, -0.2) is 24.7 Å². The van der Waals surface area contributed by atoms with Crippen LogP contribution in [-0.2, 0) is 4.74 Å². The van der Waals surface area contributed by atoms with Crippen molar-refractivity contribution < 1.29 is 14.3 Å². The fraction of sp³-hybridized carbons (Fsp3) is 0.231. The summed E-state index contributed by atoms with van der Waals surface area (Å²) in [7, 11) is 1.61. The summed E-state index contributed by atoms with van der Waals surface area (Å²) in [4.78, 5) is 15.9. The molecule has 0 saturated carbocycles. The zero-order chi connectivity index (χ0) is 13.8. The maximum absolute atomic E-state index is 11.6. The highest BCUT2D eigenvalue weighted by Crippen LogP contribution is 2.33. The molecule has 1 aromatic heterocycles. The van der Waals surface area contributed by atoms with Crippen molar-refractivity contribution in [1.82, 2.24) is 4.98 Å². The van der Waals surface area contributed by atoms with Crippen LogP contribution in [0.15, 0.2) is 28.1 Å². The molecule has 4 nitrogen and oxygen atoms in total. The number of aromatic nitrogens is 1. The Bertz CT molecular complexity index is 597. The molecule has 100 valence electrons. The zero-order valence-corrected chi connectivity index (χ0v) is 12.9. The largest absolute Gasteiger partial charge is 0.497 e. The van der Waals surface area contributed by atoms with E-state index in [0.717, 1.165) is 20.8 Å². The first-order valence-electron chi connectivity index (χ1n) is 5.62. The van der Waals surface area contributed by atoms with Gasteiger partial charge in [0.2, 0.25) is 0 Å². The van der Waals surface area contributed by atoms with E-state index in [4.69, 9.17) is 9.47 Å². The summed E-state index contributed by atoms with van der Waals surface area (Å²) < 4.78 is 11.0. The Kier molecular flexibility index (Phi) is 4.55. The van der Waals surface area contributed by atoms with Gasteiger partial charge in [-0.3, -0.25) is 0 Å². The van der Waals surface area contributed by atoms with Gasteiger partial charge in [0, 0.05) is 15.4 Å². The van der Waals surface area contributed by atoms with Crippen molar-refractivity contribution in [3.05, 3.63) is 33.7 Å². The molecule has 0 radical (unpaired) electrons. The highest BCUT2D eigenvalue weighted by atomic mass is 79.9. The predicted octanol–water partition coefficient (Wildman–Crippen LogP) is 3.76. The summed E-state index contributed by atoms with van der Waals surface area (Å²) >= 11 is 4.86. The van der Waals surface area contributed by atoms with Crippen molar-refractivity contribution >= 4 is 33.2 Å². The van der Waals surface area contributed by atoms with Crippen LogP contribution in [0.2, 0.25) is 0 Å². The van der Waals surface area contributed by atoms with Gasteiger partial charge in [-0.1, -0.05) is 15.9 Å². The molecule has 2 rings (SSSR count). The van der Waals surface area contributed by atoms with Crippen LogP contribution < -0.4 is 4.74 Å². The minimum absolute atomic E-state index is 0.330. The van der Waals surface area contributed by atoms with E-state index in [1.165, 1.54) is 11.3 Å². The van der Waals surface area contributed by atoms with Crippen LogP contribution in [0.3, 0.4) is 0 Å². The SMILES string of the molecule is CCOC(=O)c1csc(-c2cc(OC)ccc2Br)n1. The van der Waals surface area contributed by atoms with Crippen LogP contribution >= 0.6 is 27.3 Å². The second-order valence-corrected chi connectivity index (χ2v) is 5.32. The molecule has 0 aliphatic heterocycles. The van der Waals surface area contributed by atoms with E-state index in [9.17, 15) is 4.79 Å². The van der Waals surface area contributed by atoms with Gasteiger partial charge in [0.25, 0.3) is 0 Å². The van der Waals surface area contributed by atoms with Crippen molar-refractivity contribution in [3.8, 4) is 16.3 Å². The number of carbonyl (C=O) groups is 1. The standard InChI is InChI=1S/C13H12BrNO3S/c1-3-18-13(16)11-7-19-12(15-11)9-6-8(17-2)4-5-10(9)14/h4-7H,3H2,1-2H3. The lowest BCUT2D eigenvalue weighted by Crippen LogP contribution is -2.04. The quantitative estimate of drug-likeness (QED) is 0.794. The Morgan fingerprint density at radius 1 is 1.47 bits per heavy atom. The van der Waals surface area contributed by atoms with E-state index in [-0.39, 0.29) is 0 Å². The third-order valence-corrected chi connectivity index (χ3v) is 3.96. The molecule has 1 aromatic carbocycles. The first-order chi connectivity index (χ1) is 9.15. The van der Waals surface area contributed by atoms with Crippen molar-refractivity contribution in [2.75, 3.05) is 13.7 Å². The van der Waals surface area contributed by atoms with E-state index >= 15 is 0 Å². The number of rotatable bonds is 4. The minimum atomic E-state index is -0.399. The molecule has 6 heteroatoms. The number of nitrogens with zero attached hydrogens (tertiary/aromatic N) is 1. The number of ether oxygens (including phenoxy) is 2. The molecular formula is C13H12BrNO3S. The maximum Gasteiger partial charge on any atom is 0.357 e. The normalized spacial score (nSPS) is 10.3. The fourth-order valence-corrected chi connectivity index (χ4v) is 2.88. The molecule has 0 bridgehead atoms. The minimum Gasteiger partial charge on any atom is -0.497 e. The van der Waals surface area contributed by atoms with E-state index in [1.54, 1.807) is 19.4 Å². The summed E-state index contributed by atoms with van der Waals surface area (Å²) in [5.74, 6) is 0.343. The van der Waals surface area contributed by atoms with Gasteiger partial charge in [-0.05, 0) is 25.1 Å². The monoisotopic (exact) mass is 341 g/mol. The van der Waals surface area contributed by atoms with Gasteiger partial charge in [-0.2, -0.15) is 0 Å². The first-order valence-corrected chi connectivity index (χ1v) is 7.29. The van der Waals surface area contributed by atoms with Gasteiger partial charge in [0.15, 0.2) is 5.69 Å². The lowest BCUT2D eigenvalue weighted by Gasteiger charge is -2.04. The molecule has 0 atom stereocenters. The Labute approximate surface area is 123 Å². The van der Waals surface area contributed by atoms with Crippen LogP contribution in [0.4, 0.5) is 0 Å². The average molecular weight is 342 g/mol. The molecule has 0 saturated heterocycles. The third kappa shape index (κ3) is 3.13. The van der Waals surface area contributed by atoms with E-state index in [2.05, 4.69) is 20.9 Å². The van der Waals surface area contributed by atoms with E-state index < -0.39 is 5.97 Å². The first kappa shape index (κ1) is 14.0. The van der Waals surface area contributed by atoms with Gasteiger partial charge in [0.1, 0.15) is 10.8 Å². The van der Waals surface area contributed by atoms with Crippen molar-refractivity contribution in [3.63, 3.8) is 0 Å². The average Bonchev–Trinajstić information content (AvgIpc) is 2.89. The number of esters is 1. The predicted molar refractivity (Wildman–Crippen MR) is 77.8 cm³/mol. The third-order valence-electron chi connectivity index (χ3n) is 2.39. The highest BCUT2D eigenvalue weighted by molar-refractivity contribution is 9.10. The van der Waals surface area contributed by atoms with Crippen LogP contribution in [0.5, 0.6) is 5.75 Å². The van der Waals surface area contributed by atoms with Crippen LogP contribution in [0, 0.1) is 0 Å². The van der Waals surface area contributed by atoms with Crippen molar-refractivity contribution in [2.24, 2.45) is 0 Å². The van der Waals surface area contributed by atoms with Crippen LogP contribution in [0.25, 0.3) is 10.6 Å². The zero-order valence-electron chi connectivity index (χ0n) is 10.5. The smallest absolute Gasteiger partial charge is 0.357 e. The van der Waals surface area contributed by atoms with Crippen LogP contribution in [0.1, 0.15) is 17.4 Å². The second-order valence-electron chi connectivity index (χ2n) is 3.60. The second kappa shape index (κ2) is 6.16. The molecule has 0 amide bonds. The lowest BCUT2D eigenvalue weighted by molar-refractivity contribution is 0.0520. The Hall–Kier alpha value is -1.40. The number of halogens is 1. The lowest BCUT2D eigenvalue weighted by atomic mass is 10.2. The Balaban J connectivity index is 2.34. The molecule has 0 aliphatic rings. The van der Waals surface area contributed by atoms with E-state index in [1.807, 2.05) is 18.2 Å². The van der Waals surface area contributed by atoms with E-state index in [0.29, 0.717) is 12.3 Å². The number of thiazole rings is 1. The van der Waals surface area contributed by atoms with Gasteiger partial charge >= 0.3 is 5.97 Å². The molecule has 0 unspecified atom stereocenters. The Morgan fingerprint density at radius 3 is 2.95 bits per heavy atom. The Morgan fingerprint density at radius 2 is 2.26 bits per heavy atom. The molecule has 2 aromatic rings. The number of hydrogen-bond donors (Lipinski definition) is 0. The fourth-order valence-electron chi connectivity index (χ4n) is 1.49. The molecule has 0 spiro atoms. The number of methoxy groups -OCH3 is 1. The maximum atomic E-state index is 11.6. The number of hydrogen-bond acceptors (Lipinski definition) is 5. The summed E-state index contributed by atoms with van der Waals surface area (Å²) in [6.45, 7) is 2.11. The number of benzene rings is 1. The van der Waals surface area contributed by atoms with Crippen molar-refractivity contribution in [2.45, 2.75) is 6.92 Å². The summed E-state index contributed by atoms with van der Waals surface area (Å²) in [5, 5.41) is 2.44. The molecule has 0 aliphatic carbocycles. The molecule has 0 N–H and O–H groups in total. The molecule has 1 heterocycles.